The fraction of sp³-hybridized carbons (Fsp3) is 0.0667. The summed E-state index contributed by atoms with van der Waals surface area (Å²) in [7, 11) is 0. The van der Waals surface area contributed by atoms with Crippen molar-refractivity contribution in [2.45, 2.75) is 6.54 Å². The van der Waals surface area contributed by atoms with Crippen LogP contribution in [0, 0.1) is 0 Å². The summed E-state index contributed by atoms with van der Waals surface area (Å²) < 4.78 is 1.57. The van der Waals surface area contributed by atoms with Gasteiger partial charge in [0.25, 0.3) is 5.91 Å². The molecule has 3 amide bonds. The van der Waals surface area contributed by atoms with Gasteiger partial charge in [0.1, 0.15) is 0 Å². The maximum atomic E-state index is 11.8. The number of pyridine rings is 1. The summed E-state index contributed by atoms with van der Waals surface area (Å²) in [6, 6.07) is 11.7. The van der Waals surface area contributed by atoms with Crippen molar-refractivity contribution in [3.05, 3.63) is 60.4 Å². The summed E-state index contributed by atoms with van der Waals surface area (Å²) in [5.74, 6) is -0.462. The number of rotatable bonds is 4. The summed E-state index contributed by atoms with van der Waals surface area (Å²) in [4.78, 5) is 23.5. The van der Waals surface area contributed by atoms with Crippen LogP contribution in [-0.2, 0) is 11.3 Å². The Bertz CT molecular complexity index is 686. The minimum absolute atomic E-state index is 0.0324. The topological polar surface area (TPSA) is 94.7 Å². The lowest BCUT2D eigenvalue weighted by Crippen LogP contribution is -2.45. The molecule has 0 aliphatic carbocycles. The largest absolute Gasteiger partial charge is 0.411 e. The predicted octanol–water partition coefficient (Wildman–Crippen LogP) is 1.13. The average Bonchev–Trinajstić information content (AvgIpc) is 2.48. The molecule has 0 aliphatic rings. The average molecular weight is 299 g/mol. The van der Waals surface area contributed by atoms with Crippen LogP contribution in [0.2, 0.25) is 0 Å². The zero-order valence-electron chi connectivity index (χ0n) is 11.6. The number of benzene rings is 1. The number of amides is 3. The van der Waals surface area contributed by atoms with Crippen molar-refractivity contribution < 1.29 is 19.4 Å². The van der Waals surface area contributed by atoms with Crippen LogP contribution in [0.5, 0.6) is 0 Å². The third-order valence-electron chi connectivity index (χ3n) is 2.70. The molecule has 0 fully saturated rings. The van der Waals surface area contributed by atoms with E-state index in [-0.39, 0.29) is 6.54 Å². The summed E-state index contributed by atoms with van der Waals surface area (Å²) in [6.07, 6.45) is 4.54. The van der Waals surface area contributed by atoms with Gasteiger partial charge < -0.3 is 10.5 Å². The molecule has 0 aliphatic heterocycles. The van der Waals surface area contributed by atoms with Gasteiger partial charge in [0.15, 0.2) is 12.4 Å². The van der Waals surface area contributed by atoms with E-state index >= 15 is 0 Å². The van der Waals surface area contributed by atoms with E-state index < -0.39 is 11.9 Å². The second kappa shape index (κ2) is 7.53. The van der Waals surface area contributed by atoms with Crippen molar-refractivity contribution in [1.82, 2.24) is 5.32 Å². The molecule has 1 aromatic carbocycles. The lowest BCUT2D eigenvalue weighted by Gasteiger charge is -2.05. The number of carbonyl (C=O) groups excluding carboxylic acids is 2. The molecule has 0 unspecified atom stereocenters. The first-order chi connectivity index (χ1) is 10.7. The molecule has 22 heavy (non-hydrogen) atoms. The SMILES string of the molecule is O=C(C[n+]1cccc(/C=N/O)c1)NC(=O)Nc1ccccc1. The Balaban J connectivity index is 1.90. The highest BCUT2D eigenvalue weighted by atomic mass is 16.4. The Morgan fingerprint density at radius 3 is 2.68 bits per heavy atom. The minimum Gasteiger partial charge on any atom is -0.411 e. The Morgan fingerprint density at radius 1 is 1.18 bits per heavy atom. The Morgan fingerprint density at radius 2 is 1.95 bits per heavy atom. The van der Waals surface area contributed by atoms with Gasteiger partial charge in [0, 0.05) is 11.8 Å². The number of carbonyl (C=O) groups is 2. The van der Waals surface area contributed by atoms with Gasteiger partial charge in [-0.3, -0.25) is 10.1 Å². The molecule has 0 atom stereocenters. The van der Waals surface area contributed by atoms with Crippen molar-refractivity contribution in [3.8, 4) is 0 Å². The fourth-order valence-corrected chi connectivity index (χ4v) is 1.80. The maximum absolute atomic E-state index is 11.8. The highest BCUT2D eigenvalue weighted by Gasteiger charge is 2.13. The monoisotopic (exact) mass is 299 g/mol. The molecule has 0 saturated heterocycles. The lowest BCUT2D eigenvalue weighted by molar-refractivity contribution is -0.684. The van der Waals surface area contributed by atoms with Gasteiger partial charge >= 0.3 is 6.03 Å². The van der Waals surface area contributed by atoms with Crippen molar-refractivity contribution in [2.75, 3.05) is 5.32 Å². The summed E-state index contributed by atoms with van der Waals surface area (Å²) in [6.45, 7) is -0.0324. The summed E-state index contributed by atoms with van der Waals surface area (Å²) in [5.41, 5.74) is 1.23. The number of para-hydroxylation sites is 1. The number of urea groups is 1. The van der Waals surface area contributed by atoms with Gasteiger partial charge in [0.05, 0.1) is 11.8 Å². The van der Waals surface area contributed by atoms with Crippen LogP contribution in [0.15, 0.2) is 60.0 Å². The lowest BCUT2D eigenvalue weighted by atomic mass is 10.3. The van der Waals surface area contributed by atoms with Gasteiger partial charge in [-0.25, -0.2) is 4.79 Å². The third-order valence-corrected chi connectivity index (χ3v) is 2.70. The van der Waals surface area contributed by atoms with Gasteiger partial charge in [-0.1, -0.05) is 23.4 Å². The van der Waals surface area contributed by atoms with E-state index in [1.807, 2.05) is 6.07 Å². The number of nitrogens with one attached hydrogen (secondary N) is 2. The fourth-order valence-electron chi connectivity index (χ4n) is 1.80. The first-order valence-electron chi connectivity index (χ1n) is 6.50. The molecule has 1 aromatic heterocycles. The number of imide groups is 1. The molecule has 7 nitrogen and oxygen atoms in total. The normalized spacial score (nSPS) is 10.4. The zero-order chi connectivity index (χ0) is 15.8. The molecule has 2 aromatic rings. The van der Waals surface area contributed by atoms with E-state index in [2.05, 4.69) is 15.8 Å². The van der Waals surface area contributed by atoms with Crippen LogP contribution >= 0.6 is 0 Å². The van der Waals surface area contributed by atoms with Crippen molar-refractivity contribution in [1.29, 1.82) is 0 Å². The van der Waals surface area contributed by atoms with Gasteiger partial charge in [-0.15, -0.1) is 0 Å². The zero-order valence-corrected chi connectivity index (χ0v) is 11.6. The van der Waals surface area contributed by atoms with Crippen LogP contribution in [0.3, 0.4) is 0 Å². The molecule has 0 radical (unpaired) electrons. The smallest absolute Gasteiger partial charge is 0.326 e. The van der Waals surface area contributed by atoms with E-state index in [0.717, 1.165) is 0 Å². The van der Waals surface area contributed by atoms with Crippen LogP contribution in [-0.4, -0.2) is 23.4 Å². The van der Waals surface area contributed by atoms with E-state index in [1.54, 1.807) is 53.4 Å². The Labute approximate surface area is 126 Å². The maximum Gasteiger partial charge on any atom is 0.326 e. The molecule has 0 saturated carbocycles. The highest BCUT2D eigenvalue weighted by Crippen LogP contribution is 2.03. The number of oxime groups is 1. The molecule has 0 spiro atoms. The molecule has 1 heterocycles. The highest BCUT2D eigenvalue weighted by molar-refractivity contribution is 6.00. The summed E-state index contributed by atoms with van der Waals surface area (Å²) >= 11 is 0. The standard InChI is InChI=1S/C15H14N4O3/c20-14(11-19-8-4-5-12(10-19)9-16-22)18-15(21)17-13-6-2-1-3-7-13/h1-10H,11H2,(H2-,17,18,20,21,22)/p+1/b16-9+. The molecule has 7 heteroatoms. The molecule has 112 valence electrons. The van der Waals surface area contributed by atoms with E-state index in [9.17, 15) is 9.59 Å². The van der Waals surface area contributed by atoms with E-state index in [4.69, 9.17) is 5.21 Å². The van der Waals surface area contributed by atoms with Crippen LogP contribution in [0.4, 0.5) is 10.5 Å². The van der Waals surface area contributed by atoms with Crippen LogP contribution < -0.4 is 15.2 Å². The van der Waals surface area contributed by atoms with Gasteiger partial charge in [-0.05, 0) is 18.2 Å². The van der Waals surface area contributed by atoms with Gasteiger partial charge in [0.2, 0.25) is 6.54 Å². The molecule has 3 N–H and O–H groups in total. The van der Waals surface area contributed by atoms with Crippen LogP contribution in [0.25, 0.3) is 0 Å². The van der Waals surface area contributed by atoms with E-state index in [1.165, 1.54) is 6.21 Å². The van der Waals surface area contributed by atoms with Gasteiger partial charge in [-0.2, -0.15) is 4.57 Å². The number of aromatic nitrogens is 1. The Hall–Kier alpha value is -3.22. The minimum atomic E-state index is -0.593. The quantitative estimate of drug-likeness (QED) is 0.342. The van der Waals surface area contributed by atoms with Crippen molar-refractivity contribution >= 4 is 23.8 Å². The van der Waals surface area contributed by atoms with E-state index in [0.29, 0.717) is 11.3 Å². The first-order valence-corrected chi connectivity index (χ1v) is 6.50. The first kappa shape index (κ1) is 15.2. The molecular formula is C15H15N4O3+. The molecular weight excluding hydrogens is 284 g/mol. The molecule has 0 bridgehead atoms. The second-order valence-corrected chi connectivity index (χ2v) is 4.42. The van der Waals surface area contributed by atoms with Crippen molar-refractivity contribution in [2.24, 2.45) is 5.16 Å². The number of hydrogen-bond donors (Lipinski definition) is 3. The number of hydrogen-bond acceptors (Lipinski definition) is 4. The third kappa shape index (κ3) is 4.71. The number of anilines is 1. The summed E-state index contributed by atoms with van der Waals surface area (Å²) in [5, 5.41) is 16.2. The van der Waals surface area contributed by atoms with Crippen LogP contribution in [0.1, 0.15) is 5.56 Å². The Kier molecular flexibility index (Phi) is 5.20. The second-order valence-electron chi connectivity index (χ2n) is 4.42. The predicted molar refractivity (Wildman–Crippen MR) is 79.6 cm³/mol. The number of nitrogens with zero attached hydrogens (tertiary/aromatic N) is 2. The van der Waals surface area contributed by atoms with Crippen molar-refractivity contribution in [3.63, 3.8) is 0 Å². The molecule has 2 rings (SSSR count).